The molecule has 0 fully saturated rings. The molecule has 0 bridgehead atoms. The molecule has 1 unspecified atom stereocenters. The van der Waals surface area contributed by atoms with Crippen LogP contribution in [0.3, 0.4) is 0 Å². The number of carbonyl (C=O) groups is 1. The van der Waals surface area contributed by atoms with Gasteiger partial charge in [0, 0.05) is 19.5 Å². The molecule has 0 spiro atoms. The Hall–Kier alpha value is -3.65. The number of aromatic nitrogens is 3. The number of halogens is 3. The summed E-state index contributed by atoms with van der Waals surface area (Å²) in [5.41, 5.74) is 2.20. The number of benzene rings is 3. The van der Waals surface area contributed by atoms with Gasteiger partial charge in [-0.1, -0.05) is 35.5 Å². The largest absolute Gasteiger partial charge is 0.487 e. The highest BCUT2D eigenvalue weighted by Crippen LogP contribution is 2.57. The average molecular weight is 619 g/mol. The molecule has 230 valence electrons. The molecule has 2 atom stereocenters. The van der Waals surface area contributed by atoms with Crippen LogP contribution in [0.15, 0.2) is 59.5 Å². The van der Waals surface area contributed by atoms with E-state index in [1.807, 2.05) is 19.1 Å². The Balaban J connectivity index is 1.62. The lowest BCUT2D eigenvalue weighted by Crippen LogP contribution is -2.34. The van der Waals surface area contributed by atoms with Crippen LogP contribution in [0.4, 0.5) is 13.2 Å². The van der Waals surface area contributed by atoms with E-state index in [9.17, 15) is 27.1 Å². The standard InChI is InChI=1S/C30H33F3N4O5S/c1-5-41-28(38)15-23(22-11-13-25-29(19(22)3)34-35-36(25)4)20-10-12-24(30(31,32)33)21(14-20)17-37-16-18(2)42-26-8-6-7-9-27(26)43(37,39)40/h6-14,18,23,39-40H,5,15-17H2,1-4H3/t18-,23?/m1/s1. The first-order chi connectivity index (χ1) is 20.3. The van der Waals surface area contributed by atoms with Crippen LogP contribution in [0.5, 0.6) is 5.75 Å². The van der Waals surface area contributed by atoms with Crippen molar-refractivity contribution in [3.63, 3.8) is 0 Å². The second-order valence-corrected chi connectivity index (χ2v) is 12.5. The summed E-state index contributed by atoms with van der Waals surface area (Å²) in [6.45, 7) is 4.92. The smallest absolute Gasteiger partial charge is 0.416 e. The number of ether oxygens (including phenoxy) is 2. The highest BCUT2D eigenvalue weighted by Gasteiger charge is 2.38. The number of carbonyl (C=O) groups excluding carboxylic acids is 1. The zero-order valence-electron chi connectivity index (χ0n) is 24.1. The van der Waals surface area contributed by atoms with Gasteiger partial charge in [-0.25, -0.2) is 4.68 Å². The summed E-state index contributed by atoms with van der Waals surface area (Å²) < 4.78 is 79.7. The van der Waals surface area contributed by atoms with Crippen molar-refractivity contribution in [3.05, 3.63) is 82.4 Å². The molecule has 43 heavy (non-hydrogen) atoms. The monoisotopic (exact) mass is 618 g/mol. The van der Waals surface area contributed by atoms with Crippen molar-refractivity contribution in [1.29, 1.82) is 0 Å². The molecule has 0 saturated heterocycles. The van der Waals surface area contributed by atoms with Crippen molar-refractivity contribution in [1.82, 2.24) is 19.3 Å². The third-order valence-electron chi connectivity index (χ3n) is 7.61. The quantitative estimate of drug-likeness (QED) is 0.221. The van der Waals surface area contributed by atoms with Crippen molar-refractivity contribution < 1.29 is 36.5 Å². The predicted octanol–water partition coefficient (Wildman–Crippen LogP) is 6.69. The van der Waals surface area contributed by atoms with Gasteiger partial charge in [-0.05, 0) is 67.3 Å². The van der Waals surface area contributed by atoms with E-state index in [0.29, 0.717) is 16.6 Å². The van der Waals surface area contributed by atoms with Gasteiger partial charge in [-0.15, -0.1) is 15.9 Å². The van der Waals surface area contributed by atoms with Gasteiger partial charge in [0.05, 0.1) is 30.7 Å². The van der Waals surface area contributed by atoms with E-state index < -0.39 is 47.1 Å². The van der Waals surface area contributed by atoms with Gasteiger partial charge in [-0.3, -0.25) is 13.9 Å². The first-order valence-corrected chi connectivity index (χ1v) is 15.2. The molecule has 9 nitrogen and oxygen atoms in total. The average Bonchev–Trinajstić information content (AvgIpc) is 3.28. The second kappa shape index (κ2) is 11.8. The topological polar surface area (TPSA) is 110 Å². The Bertz CT molecular complexity index is 1660. The lowest BCUT2D eigenvalue weighted by molar-refractivity contribution is -0.143. The number of hydrogen-bond donors (Lipinski definition) is 2. The zero-order valence-corrected chi connectivity index (χ0v) is 24.9. The SMILES string of the molecule is CCOC(=O)CC(c1ccc(C(F)(F)F)c(CN2C[C@@H](C)Oc3ccccc3S2(O)O)c1)c1ccc2c(nnn2C)c1C. The van der Waals surface area contributed by atoms with Crippen molar-refractivity contribution in [2.24, 2.45) is 7.05 Å². The van der Waals surface area contributed by atoms with Gasteiger partial charge in [0.25, 0.3) is 0 Å². The summed E-state index contributed by atoms with van der Waals surface area (Å²) in [5, 5.41) is 8.31. The van der Waals surface area contributed by atoms with Crippen LogP contribution in [-0.4, -0.2) is 53.6 Å². The molecule has 2 heterocycles. The summed E-state index contributed by atoms with van der Waals surface area (Å²) >= 11 is 0. The fourth-order valence-electron chi connectivity index (χ4n) is 5.56. The first-order valence-electron chi connectivity index (χ1n) is 13.7. The van der Waals surface area contributed by atoms with Gasteiger partial charge in [-0.2, -0.15) is 17.5 Å². The van der Waals surface area contributed by atoms with E-state index in [2.05, 4.69) is 10.3 Å². The van der Waals surface area contributed by atoms with Crippen molar-refractivity contribution in [2.45, 2.75) is 56.8 Å². The van der Waals surface area contributed by atoms with E-state index in [1.165, 1.54) is 22.5 Å². The molecule has 0 amide bonds. The Morgan fingerprint density at radius 1 is 1.19 bits per heavy atom. The predicted molar refractivity (Wildman–Crippen MR) is 156 cm³/mol. The Morgan fingerprint density at radius 2 is 1.93 bits per heavy atom. The third kappa shape index (κ3) is 6.07. The van der Waals surface area contributed by atoms with Crippen molar-refractivity contribution >= 4 is 27.8 Å². The number of nitrogens with zero attached hydrogens (tertiary/aromatic N) is 4. The maximum Gasteiger partial charge on any atom is 0.416 e. The van der Waals surface area contributed by atoms with Crippen LogP contribution < -0.4 is 4.74 Å². The van der Waals surface area contributed by atoms with Gasteiger partial charge >= 0.3 is 12.1 Å². The van der Waals surface area contributed by atoms with Gasteiger partial charge in [0.1, 0.15) is 22.3 Å². The second-order valence-electron chi connectivity index (χ2n) is 10.6. The van der Waals surface area contributed by atoms with Crippen LogP contribution in [0.25, 0.3) is 11.0 Å². The minimum atomic E-state index is -4.71. The van der Waals surface area contributed by atoms with Crippen LogP contribution in [-0.2, 0) is 29.3 Å². The molecular weight excluding hydrogens is 585 g/mol. The van der Waals surface area contributed by atoms with Crippen LogP contribution in [0.1, 0.15) is 54.0 Å². The molecule has 13 heteroatoms. The molecule has 0 aliphatic carbocycles. The lowest BCUT2D eigenvalue weighted by Gasteiger charge is -2.42. The van der Waals surface area contributed by atoms with Crippen LogP contribution >= 0.6 is 10.8 Å². The molecule has 5 rings (SSSR count). The number of esters is 1. The Labute approximate surface area is 248 Å². The van der Waals surface area contributed by atoms with E-state index >= 15 is 0 Å². The molecule has 4 aromatic rings. The van der Waals surface area contributed by atoms with Crippen LogP contribution in [0, 0.1) is 6.92 Å². The van der Waals surface area contributed by atoms with E-state index in [-0.39, 0.29) is 35.8 Å². The maximum absolute atomic E-state index is 14.3. The number of rotatable bonds is 7. The lowest BCUT2D eigenvalue weighted by atomic mass is 9.84. The summed E-state index contributed by atoms with van der Waals surface area (Å²) in [6.07, 6.45) is -5.37. The number of aryl methyl sites for hydroxylation is 2. The molecule has 1 aromatic heterocycles. The first kappa shape index (κ1) is 30.8. The fourth-order valence-corrected chi connectivity index (χ4v) is 7.22. The summed E-state index contributed by atoms with van der Waals surface area (Å²) in [7, 11) is -1.95. The Morgan fingerprint density at radius 3 is 2.65 bits per heavy atom. The fraction of sp³-hybridized carbons (Fsp3) is 0.367. The maximum atomic E-state index is 14.3. The Kier molecular flexibility index (Phi) is 8.45. The van der Waals surface area contributed by atoms with E-state index in [4.69, 9.17) is 9.47 Å². The summed E-state index contributed by atoms with van der Waals surface area (Å²) in [5.74, 6) is -0.900. The molecule has 3 aromatic carbocycles. The number of fused-ring (bicyclic) bond motifs is 2. The van der Waals surface area contributed by atoms with Gasteiger partial charge < -0.3 is 9.47 Å². The van der Waals surface area contributed by atoms with Gasteiger partial charge in [0.2, 0.25) is 0 Å². The van der Waals surface area contributed by atoms with Crippen molar-refractivity contribution in [3.8, 4) is 5.75 Å². The van der Waals surface area contributed by atoms with Crippen LogP contribution in [0.2, 0.25) is 0 Å². The summed E-state index contributed by atoms with van der Waals surface area (Å²) in [4.78, 5) is 12.9. The molecule has 0 radical (unpaired) electrons. The summed E-state index contributed by atoms with van der Waals surface area (Å²) in [6, 6.07) is 13.8. The van der Waals surface area contributed by atoms with E-state index in [0.717, 1.165) is 17.1 Å². The number of alkyl halides is 3. The minimum absolute atomic E-state index is 0.0345. The highest BCUT2D eigenvalue weighted by atomic mass is 32.3. The van der Waals surface area contributed by atoms with Crippen molar-refractivity contribution in [2.75, 3.05) is 13.2 Å². The highest BCUT2D eigenvalue weighted by molar-refractivity contribution is 8.22. The molecule has 0 saturated carbocycles. The van der Waals surface area contributed by atoms with E-state index in [1.54, 1.807) is 43.8 Å². The normalized spacial score (nSPS) is 18.4. The van der Waals surface area contributed by atoms with Gasteiger partial charge in [0.15, 0.2) is 0 Å². The minimum Gasteiger partial charge on any atom is -0.487 e. The third-order valence-corrected chi connectivity index (χ3v) is 9.53. The number of para-hydroxylation sites is 1. The zero-order chi connectivity index (χ0) is 31.1. The number of hydrogen-bond acceptors (Lipinski definition) is 8. The molecule has 1 aliphatic rings. The molecule has 2 N–H and O–H groups in total. The molecular formula is C30H33F3N4O5S. The molecule has 1 aliphatic heterocycles.